The van der Waals surface area contributed by atoms with E-state index in [-0.39, 0.29) is 11.6 Å². The van der Waals surface area contributed by atoms with Crippen molar-refractivity contribution in [3.63, 3.8) is 0 Å². The van der Waals surface area contributed by atoms with E-state index in [1.807, 2.05) is 0 Å². The molecular formula is C18H18FNO3. The van der Waals surface area contributed by atoms with E-state index in [0.717, 1.165) is 24.1 Å². The predicted octanol–water partition coefficient (Wildman–Crippen LogP) is 2.97. The molecule has 2 aliphatic rings. The third-order valence-corrected chi connectivity index (χ3v) is 4.38. The molecule has 0 spiro atoms. The molecule has 1 aliphatic heterocycles. The lowest BCUT2D eigenvalue weighted by Crippen LogP contribution is -2.34. The Morgan fingerprint density at radius 2 is 1.96 bits per heavy atom. The second-order valence-electron chi connectivity index (χ2n) is 5.81. The summed E-state index contributed by atoms with van der Waals surface area (Å²) >= 11 is 0. The van der Waals surface area contributed by atoms with E-state index in [2.05, 4.69) is 5.32 Å². The Morgan fingerprint density at radius 3 is 2.61 bits per heavy atom. The number of hydrogen-bond acceptors (Lipinski definition) is 4. The quantitative estimate of drug-likeness (QED) is 0.853. The van der Waals surface area contributed by atoms with Crippen LogP contribution in [0.5, 0.6) is 0 Å². The summed E-state index contributed by atoms with van der Waals surface area (Å²) in [6, 6.07) is 5.92. The van der Waals surface area contributed by atoms with E-state index in [4.69, 9.17) is 4.74 Å². The Bertz CT molecular complexity index is 731. The number of carbonyl (C=O) groups is 2. The van der Waals surface area contributed by atoms with Crippen LogP contribution >= 0.6 is 0 Å². The molecule has 0 aromatic heterocycles. The smallest absolute Gasteiger partial charge is 0.336 e. The average molecular weight is 315 g/mol. The van der Waals surface area contributed by atoms with Crippen LogP contribution in [-0.4, -0.2) is 18.9 Å². The van der Waals surface area contributed by atoms with Crippen molar-refractivity contribution in [1.29, 1.82) is 0 Å². The summed E-state index contributed by atoms with van der Waals surface area (Å²) in [6.07, 6.45) is 2.03. The number of Topliss-reactive ketones (excluding diaryl/α,β-unsaturated/α-hetero) is 1. The van der Waals surface area contributed by atoms with Gasteiger partial charge in [0.2, 0.25) is 0 Å². The van der Waals surface area contributed by atoms with Crippen LogP contribution in [0.25, 0.3) is 0 Å². The maximum atomic E-state index is 13.3. The van der Waals surface area contributed by atoms with Crippen LogP contribution in [0, 0.1) is 5.82 Å². The zero-order chi connectivity index (χ0) is 16.6. The third-order valence-electron chi connectivity index (χ3n) is 4.38. The molecule has 0 bridgehead atoms. The van der Waals surface area contributed by atoms with Crippen molar-refractivity contribution in [3.8, 4) is 0 Å². The van der Waals surface area contributed by atoms with Crippen LogP contribution in [-0.2, 0) is 14.3 Å². The van der Waals surface area contributed by atoms with Crippen molar-refractivity contribution in [2.45, 2.75) is 32.1 Å². The standard InChI is InChI=1S/C18H18FNO3/c1-10-15(18(22)23-2)16(11-6-8-12(19)9-7-11)17-13(20-10)4-3-5-14(17)21/h6-9,16,20H,3-5H2,1-2H3/t16-/m1/s1. The number of ether oxygens (including phenoxy) is 1. The molecule has 1 heterocycles. The van der Waals surface area contributed by atoms with Gasteiger partial charge < -0.3 is 10.1 Å². The number of allylic oxidation sites excluding steroid dienone is 3. The molecule has 1 atom stereocenters. The first-order chi connectivity index (χ1) is 11.0. The lowest BCUT2D eigenvalue weighted by molar-refractivity contribution is -0.136. The summed E-state index contributed by atoms with van der Waals surface area (Å²) < 4.78 is 18.2. The molecule has 0 saturated carbocycles. The van der Waals surface area contributed by atoms with Crippen molar-refractivity contribution in [1.82, 2.24) is 5.32 Å². The SMILES string of the molecule is COC(=O)C1=C(C)NC2=C(C(=O)CCC2)[C@@H]1c1ccc(F)cc1. The molecule has 0 fully saturated rings. The van der Waals surface area contributed by atoms with E-state index in [9.17, 15) is 14.0 Å². The van der Waals surface area contributed by atoms with E-state index in [1.165, 1.54) is 19.2 Å². The molecule has 0 radical (unpaired) electrons. The van der Waals surface area contributed by atoms with Gasteiger partial charge in [-0.15, -0.1) is 0 Å². The minimum atomic E-state index is -0.507. The Balaban J connectivity index is 2.18. The molecule has 5 heteroatoms. The number of nitrogens with one attached hydrogen (secondary N) is 1. The normalized spacial score (nSPS) is 21.0. The van der Waals surface area contributed by atoms with Crippen LogP contribution in [0.1, 0.15) is 37.7 Å². The lowest BCUT2D eigenvalue weighted by Gasteiger charge is -2.34. The maximum Gasteiger partial charge on any atom is 0.336 e. The number of hydrogen-bond donors (Lipinski definition) is 1. The van der Waals surface area contributed by atoms with Crippen molar-refractivity contribution >= 4 is 11.8 Å². The van der Waals surface area contributed by atoms with Gasteiger partial charge in [0.05, 0.1) is 12.7 Å². The van der Waals surface area contributed by atoms with Gasteiger partial charge in [-0.3, -0.25) is 4.79 Å². The first kappa shape index (κ1) is 15.5. The van der Waals surface area contributed by atoms with Crippen molar-refractivity contribution in [3.05, 3.63) is 58.2 Å². The van der Waals surface area contributed by atoms with Crippen molar-refractivity contribution < 1.29 is 18.7 Å². The van der Waals surface area contributed by atoms with Crippen LogP contribution < -0.4 is 5.32 Å². The monoisotopic (exact) mass is 315 g/mol. The summed E-state index contributed by atoms with van der Waals surface area (Å²) in [5.41, 5.74) is 3.28. The molecule has 23 heavy (non-hydrogen) atoms. The number of halogens is 1. The van der Waals surface area contributed by atoms with Gasteiger partial charge in [0.15, 0.2) is 5.78 Å². The third kappa shape index (κ3) is 2.67. The van der Waals surface area contributed by atoms with Crippen LogP contribution in [0.4, 0.5) is 4.39 Å². The fourth-order valence-corrected chi connectivity index (χ4v) is 3.35. The van der Waals surface area contributed by atoms with Crippen molar-refractivity contribution in [2.75, 3.05) is 7.11 Å². The molecule has 1 aromatic rings. The highest BCUT2D eigenvalue weighted by Crippen LogP contribution is 2.42. The Morgan fingerprint density at radius 1 is 1.26 bits per heavy atom. The number of methoxy groups -OCH3 is 1. The number of ketones is 1. The van der Waals surface area contributed by atoms with E-state index in [0.29, 0.717) is 23.3 Å². The predicted molar refractivity (Wildman–Crippen MR) is 82.9 cm³/mol. The van der Waals surface area contributed by atoms with Gasteiger partial charge in [-0.25, -0.2) is 9.18 Å². The highest BCUT2D eigenvalue weighted by Gasteiger charge is 2.38. The zero-order valence-corrected chi connectivity index (χ0v) is 13.1. The molecule has 0 unspecified atom stereocenters. The molecule has 120 valence electrons. The molecule has 0 saturated heterocycles. The van der Waals surface area contributed by atoms with Crippen molar-refractivity contribution in [2.24, 2.45) is 0 Å². The summed E-state index contributed by atoms with van der Waals surface area (Å²) in [5, 5.41) is 3.19. The second-order valence-corrected chi connectivity index (χ2v) is 5.81. The Labute approximate surface area is 134 Å². The Kier molecular flexibility index (Phi) is 4.03. The second kappa shape index (κ2) is 5.99. The molecule has 1 aliphatic carbocycles. The molecule has 1 N–H and O–H groups in total. The highest BCUT2D eigenvalue weighted by molar-refractivity contribution is 6.03. The van der Waals surface area contributed by atoms with Crippen LogP contribution in [0.3, 0.4) is 0 Å². The fraction of sp³-hybridized carbons (Fsp3) is 0.333. The molecule has 1 aromatic carbocycles. The Hall–Kier alpha value is -2.43. The molecular weight excluding hydrogens is 297 g/mol. The first-order valence-corrected chi connectivity index (χ1v) is 7.60. The van der Waals surface area contributed by atoms with E-state index < -0.39 is 11.9 Å². The van der Waals surface area contributed by atoms with Gasteiger partial charge in [0.25, 0.3) is 0 Å². The van der Waals surface area contributed by atoms with Crippen LogP contribution in [0.2, 0.25) is 0 Å². The van der Waals surface area contributed by atoms with Gasteiger partial charge in [-0.1, -0.05) is 12.1 Å². The minimum absolute atomic E-state index is 0.0296. The summed E-state index contributed by atoms with van der Waals surface area (Å²) in [6.45, 7) is 1.80. The molecule has 4 nitrogen and oxygen atoms in total. The van der Waals surface area contributed by atoms with Gasteiger partial charge >= 0.3 is 5.97 Å². The maximum absolute atomic E-state index is 13.3. The zero-order valence-electron chi connectivity index (χ0n) is 13.1. The fourth-order valence-electron chi connectivity index (χ4n) is 3.35. The number of esters is 1. The van der Waals surface area contributed by atoms with Gasteiger partial charge in [-0.2, -0.15) is 0 Å². The largest absolute Gasteiger partial charge is 0.466 e. The number of dihydropyridines is 1. The topological polar surface area (TPSA) is 55.4 Å². The minimum Gasteiger partial charge on any atom is -0.466 e. The summed E-state index contributed by atoms with van der Waals surface area (Å²) in [5.74, 6) is -1.31. The summed E-state index contributed by atoms with van der Waals surface area (Å²) in [7, 11) is 1.32. The van der Waals surface area contributed by atoms with E-state index in [1.54, 1.807) is 19.1 Å². The van der Waals surface area contributed by atoms with Gasteiger partial charge in [0.1, 0.15) is 5.82 Å². The summed E-state index contributed by atoms with van der Waals surface area (Å²) in [4.78, 5) is 24.8. The number of carbonyl (C=O) groups excluding carboxylic acids is 2. The first-order valence-electron chi connectivity index (χ1n) is 7.60. The number of benzene rings is 1. The van der Waals surface area contributed by atoms with Gasteiger partial charge in [-0.05, 0) is 37.5 Å². The van der Waals surface area contributed by atoms with E-state index >= 15 is 0 Å². The molecule has 0 amide bonds. The van der Waals surface area contributed by atoms with Crippen LogP contribution in [0.15, 0.2) is 46.8 Å². The van der Waals surface area contributed by atoms with Gasteiger partial charge in [0, 0.05) is 29.3 Å². The average Bonchev–Trinajstić information content (AvgIpc) is 2.54. The number of rotatable bonds is 2. The lowest BCUT2D eigenvalue weighted by atomic mass is 9.75. The highest BCUT2D eigenvalue weighted by atomic mass is 19.1. The molecule has 3 rings (SSSR count).